The lowest BCUT2D eigenvalue weighted by Gasteiger charge is -2.16. The number of carbonyl (C=O) groups is 1. The van der Waals surface area contributed by atoms with Crippen LogP contribution in [-0.2, 0) is 11.2 Å². The molecule has 1 aliphatic heterocycles. The summed E-state index contributed by atoms with van der Waals surface area (Å²) in [5.41, 5.74) is 3.49. The van der Waals surface area contributed by atoms with Gasteiger partial charge in [0.2, 0.25) is 5.91 Å². The summed E-state index contributed by atoms with van der Waals surface area (Å²) >= 11 is 0. The van der Waals surface area contributed by atoms with E-state index in [4.69, 9.17) is 0 Å². The number of rotatable bonds is 4. The maximum absolute atomic E-state index is 12.2. The summed E-state index contributed by atoms with van der Waals surface area (Å²) in [6.45, 7) is 5.03. The van der Waals surface area contributed by atoms with Gasteiger partial charge in [0, 0.05) is 17.8 Å². The second-order valence-corrected chi connectivity index (χ2v) is 4.46. The van der Waals surface area contributed by atoms with Gasteiger partial charge in [-0.25, -0.2) is 0 Å². The topological polar surface area (TPSA) is 32.3 Å². The van der Waals surface area contributed by atoms with Gasteiger partial charge in [-0.2, -0.15) is 0 Å². The van der Waals surface area contributed by atoms with Gasteiger partial charge in [0.05, 0.1) is 0 Å². The van der Waals surface area contributed by atoms with E-state index in [0.717, 1.165) is 30.6 Å². The van der Waals surface area contributed by atoms with Crippen LogP contribution < -0.4 is 10.2 Å². The molecule has 0 fully saturated rings. The number of likely N-dealkylation sites (N-methyl/N-ethyl adjacent to an activating group) is 1. The van der Waals surface area contributed by atoms with Crippen molar-refractivity contribution in [1.82, 2.24) is 5.32 Å². The maximum Gasteiger partial charge on any atom is 0.248 e. The molecule has 1 N–H and O–H groups in total. The highest BCUT2D eigenvalue weighted by Gasteiger charge is 2.35. The van der Waals surface area contributed by atoms with Crippen LogP contribution in [0.4, 0.5) is 5.69 Å². The average molecular weight is 232 g/mol. The molecule has 1 aromatic carbocycles. The number of nitrogens with zero attached hydrogens (tertiary/aromatic N) is 1. The Bertz CT molecular complexity index is 428. The van der Waals surface area contributed by atoms with Gasteiger partial charge >= 0.3 is 0 Å². The van der Waals surface area contributed by atoms with Crippen molar-refractivity contribution in [2.45, 2.75) is 32.7 Å². The highest BCUT2D eigenvalue weighted by atomic mass is 16.2. The molecule has 0 bridgehead atoms. The Labute approximate surface area is 103 Å². The molecule has 0 saturated heterocycles. The number of carbonyl (C=O) groups excluding carboxylic acids is 1. The summed E-state index contributed by atoms with van der Waals surface area (Å²) in [6.07, 6.45) is 1.99. The molecule has 17 heavy (non-hydrogen) atoms. The number of fused-ring (bicyclic) bond motifs is 1. The first-order valence-corrected chi connectivity index (χ1v) is 6.34. The van der Waals surface area contributed by atoms with Crippen LogP contribution in [0.2, 0.25) is 0 Å². The molecule has 3 nitrogen and oxygen atoms in total. The van der Waals surface area contributed by atoms with Gasteiger partial charge in [-0.15, -0.1) is 0 Å². The third-order valence-electron chi connectivity index (χ3n) is 3.35. The van der Waals surface area contributed by atoms with Crippen molar-refractivity contribution in [2.24, 2.45) is 0 Å². The normalized spacial score (nSPS) is 18.6. The number of amides is 1. The van der Waals surface area contributed by atoms with Crippen molar-refractivity contribution in [1.29, 1.82) is 0 Å². The molecule has 0 spiro atoms. The van der Waals surface area contributed by atoms with E-state index in [1.807, 2.05) is 11.9 Å². The van der Waals surface area contributed by atoms with Crippen molar-refractivity contribution >= 4 is 11.6 Å². The van der Waals surface area contributed by atoms with Gasteiger partial charge in [-0.3, -0.25) is 4.79 Å². The van der Waals surface area contributed by atoms with Crippen molar-refractivity contribution in [3.05, 3.63) is 29.3 Å². The van der Waals surface area contributed by atoms with Crippen molar-refractivity contribution < 1.29 is 4.79 Å². The lowest BCUT2D eigenvalue weighted by Crippen LogP contribution is -2.33. The Morgan fingerprint density at radius 2 is 2.12 bits per heavy atom. The second-order valence-electron chi connectivity index (χ2n) is 4.46. The Morgan fingerprint density at radius 3 is 2.71 bits per heavy atom. The van der Waals surface area contributed by atoms with Gasteiger partial charge in [-0.05, 0) is 31.5 Å². The van der Waals surface area contributed by atoms with Gasteiger partial charge in [-0.1, -0.05) is 26.0 Å². The van der Waals surface area contributed by atoms with E-state index in [9.17, 15) is 4.79 Å². The summed E-state index contributed by atoms with van der Waals surface area (Å²) in [4.78, 5) is 14.1. The predicted octanol–water partition coefficient (Wildman–Crippen LogP) is 2.27. The Hall–Kier alpha value is -1.35. The molecule has 1 aliphatic rings. The lowest BCUT2D eigenvalue weighted by molar-refractivity contribution is -0.119. The van der Waals surface area contributed by atoms with Gasteiger partial charge < -0.3 is 10.2 Å². The maximum atomic E-state index is 12.2. The van der Waals surface area contributed by atoms with E-state index in [-0.39, 0.29) is 11.9 Å². The number of aryl methyl sites for hydroxylation is 1. The minimum Gasteiger partial charge on any atom is -0.310 e. The molecule has 1 atom stereocenters. The van der Waals surface area contributed by atoms with E-state index in [2.05, 4.69) is 37.4 Å². The second kappa shape index (κ2) is 4.88. The van der Waals surface area contributed by atoms with Crippen LogP contribution in [0.1, 0.15) is 37.4 Å². The quantitative estimate of drug-likeness (QED) is 0.863. The minimum atomic E-state index is -0.164. The lowest BCUT2D eigenvalue weighted by atomic mass is 10.0. The van der Waals surface area contributed by atoms with Crippen LogP contribution >= 0.6 is 0 Å². The Kier molecular flexibility index (Phi) is 3.48. The van der Waals surface area contributed by atoms with Crippen molar-refractivity contribution in [2.75, 3.05) is 18.5 Å². The molecule has 0 aromatic heterocycles. The summed E-state index contributed by atoms with van der Waals surface area (Å²) in [5.74, 6) is 0.178. The third-order valence-corrected chi connectivity index (χ3v) is 3.35. The fourth-order valence-corrected chi connectivity index (χ4v) is 2.44. The number of benzene rings is 1. The summed E-state index contributed by atoms with van der Waals surface area (Å²) < 4.78 is 0. The van der Waals surface area contributed by atoms with E-state index in [0.29, 0.717) is 0 Å². The van der Waals surface area contributed by atoms with Crippen LogP contribution in [0.25, 0.3) is 0 Å². The minimum absolute atomic E-state index is 0.164. The van der Waals surface area contributed by atoms with Crippen LogP contribution in [0.3, 0.4) is 0 Å². The molecule has 1 unspecified atom stereocenters. The third kappa shape index (κ3) is 1.95. The zero-order valence-corrected chi connectivity index (χ0v) is 10.8. The van der Waals surface area contributed by atoms with Gasteiger partial charge in [0.15, 0.2) is 0 Å². The predicted molar refractivity (Wildman–Crippen MR) is 70.3 cm³/mol. The molecule has 0 aliphatic carbocycles. The molecule has 3 heteroatoms. The van der Waals surface area contributed by atoms with Gasteiger partial charge in [0.25, 0.3) is 0 Å². The standard InChI is InChI=1S/C14H20N2O/c1-4-8-16-12-7-6-10(5-2)9-11(12)13(15-3)14(16)17/h6-7,9,13,15H,4-5,8H2,1-3H3. The molecule has 0 saturated carbocycles. The average Bonchev–Trinajstić information content (AvgIpc) is 2.62. The summed E-state index contributed by atoms with van der Waals surface area (Å²) in [5, 5.41) is 3.12. The first-order chi connectivity index (χ1) is 8.22. The monoisotopic (exact) mass is 232 g/mol. The molecule has 1 aromatic rings. The van der Waals surface area contributed by atoms with Crippen molar-refractivity contribution in [3.63, 3.8) is 0 Å². The summed E-state index contributed by atoms with van der Waals surface area (Å²) in [6, 6.07) is 6.19. The van der Waals surface area contributed by atoms with E-state index < -0.39 is 0 Å². The van der Waals surface area contributed by atoms with Crippen LogP contribution in [0.15, 0.2) is 18.2 Å². The fourth-order valence-electron chi connectivity index (χ4n) is 2.44. The highest BCUT2D eigenvalue weighted by Crippen LogP contribution is 2.36. The van der Waals surface area contributed by atoms with Gasteiger partial charge in [0.1, 0.15) is 6.04 Å². The fraction of sp³-hybridized carbons (Fsp3) is 0.500. The zero-order valence-electron chi connectivity index (χ0n) is 10.8. The molecule has 0 radical (unpaired) electrons. The molecular formula is C14H20N2O. The van der Waals surface area contributed by atoms with E-state index in [1.54, 1.807) is 0 Å². The zero-order chi connectivity index (χ0) is 12.4. The largest absolute Gasteiger partial charge is 0.310 e. The van der Waals surface area contributed by atoms with Crippen LogP contribution in [0.5, 0.6) is 0 Å². The highest BCUT2D eigenvalue weighted by molar-refractivity contribution is 6.04. The van der Waals surface area contributed by atoms with Crippen LogP contribution in [-0.4, -0.2) is 19.5 Å². The summed E-state index contributed by atoms with van der Waals surface area (Å²) in [7, 11) is 1.85. The number of anilines is 1. The first-order valence-electron chi connectivity index (χ1n) is 6.34. The number of nitrogens with one attached hydrogen (secondary N) is 1. The Balaban J connectivity index is 2.44. The van der Waals surface area contributed by atoms with E-state index in [1.165, 1.54) is 5.56 Å². The SMILES string of the molecule is CCCN1C(=O)C(NC)c2cc(CC)ccc21. The number of hydrogen-bond donors (Lipinski definition) is 1. The molecule has 2 rings (SSSR count). The van der Waals surface area contributed by atoms with Crippen molar-refractivity contribution in [3.8, 4) is 0 Å². The number of hydrogen-bond acceptors (Lipinski definition) is 2. The first kappa shape index (κ1) is 12.1. The van der Waals surface area contributed by atoms with E-state index >= 15 is 0 Å². The van der Waals surface area contributed by atoms with Crippen LogP contribution in [0, 0.1) is 0 Å². The smallest absolute Gasteiger partial charge is 0.248 e. The molecule has 1 amide bonds. The molecular weight excluding hydrogens is 212 g/mol. The molecule has 1 heterocycles. The Morgan fingerprint density at radius 1 is 1.35 bits per heavy atom. The molecule has 92 valence electrons.